The predicted octanol–water partition coefficient (Wildman–Crippen LogP) is 2.10. The number of aryl methyl sites for hydroxylation is 1. The molecule has 7 nitrogen and oxygen atoms in total. The van der Waals surface area contributed by atoms with Crippen LogP contribution in [0.3, 0.4) is 0 Å². The topological polar surface area (TPSA) is 106 Å². The quantitative estimate of drug-likeness (QED) is 0.743. The molecule has 0 saturated carbocycles. The summed E-state index contributed by atoms with van der Waals surface area (Å²) in [7, 11) is 0. The van der Waals surface area contributed by atoms with Crippen LogP contribution in [-0.2, 0) is 9.59 Å². The van der Waals surface area contributed by atoms with Gasteiger partial charge in [-0.15, -0.1) is 0 Å². The second kappa shape index (κ2) is 7.83. The molecular weight excluding hydrogens is 326 g/mol. The lowest BCUT2D eigenvalue weighted by Gasteiger charge is -2.20. The summed E-state index contributed by atoms with van der Waals surface area (Å²) < 4.78 is 10.5. The number of hydrogen-bond acceptors (Lipinski definition) is 5. The first-order valence-corrected chi connectivity index (χ1v) is 8.01. The van der Waals surface area contributed by atoms with Crippen molar-refractivity contribution < 1.29 is 23.8 Å². The molecule has 0 aliphatic rings. The number of carbonyl (C=O) groups is 2. The van der Waals surface area contributed by atoms with E-state index in [0.29, 0.717) is 17.8 Å². The van der Waals surface area contributed by atoms with Crippen molar-refractivity contribution in [2.45, 2.75) is 33.2 Å². The van der Waals surface area contributed by atoms with Crippen molar-refractivity contribution in [2.75, 3.05) is 6.61 Å². The number of nitrogens with one attached hydrogen (secondary N) is 1. The van der Waals surface area contributed by atoms with E-state index in [4.69, 9.17) is 9.15 Å². The molecule has 2 aromatic rings. The fourth-order valence-electron chi connectivity index (χ4n) is 2.44. The van der Waals surface area contributed by atoms with E-state index in [1.807, 2.05) is 6.92 Å². The van der Waals surface area contributed by atoms with Crippen LogP contribution in [0.2, 0.25) is 0 Å². The van der Waals surface area contributed by atoms with Gasteiger partial charge >= 0.3 is 11.6 Å². The summed E-state index contributed by atoms with van der Waals surface area (Å²) >= 11 is 0. The minimum Gasteiger partial charge on any atom is -0.484 e. The van der Waals surface area contributed by atoms with Crippen LogP contribution in [0, 0.1) is 12.8 Å². The van der Waals surface area contributed by atoms with Gasteiger partial charge in [0.1, 0.15) is 17.4 Å². The van der Waals surface area contributed by atoms with Crippen LogP contribution in [0.25, 0.3) is 11.0 Å². The summed E-state index contributed by atoms with van der Waals surface area (Å²) in [5.41, 5.74) is 0.692. The van der Waals surface area contributed by atoms with Crippen molar-refractivity contribution in [1.82, 2.24) is 5.32 Å². The molecule has 2 N–H and O–H groups in total. The number of carboxylic acids is 1. The van der Waals surface area contributed by atoms with Crippen LogP contribution >= 0.6 is 0 Å². The van der Waals surface area contributed by atoms with Crippen LogP contribution in [0.1, 0.15) is 25.8 Å². The number of carbonyl (C=O) groups excluding carboxylic acids is 1. The standard InChI is InChI=1S/C18H21NO6/c1-4-10(2)17(18(22)23)19-15(20)9-24-12-5-6-13-11(3)7-16(21)25-14(13)8-12/h5-8,10,17H,4,9H2,1-3H3,(H,19,20)(H,22,23)/t10?,17-/m0/s1. The van der Waals surface area contributed by atoms with Crippen molar-refractivity contribution in [1.29, 1.82) is 0 Å². The summed E-state index contributed by atoms with van der Waals surface area (Å²) in [5.74, 6) is -1.45. The van der Waals surface area contributed by atoms with E-state index in [0.717, 1.165) is 10.9 Å². The molecule has 7 heteroatoms. The van der Waals surface area contributed by atoms with Gasteiger partial charge in [-0.1, -0.05) is 20.3 Å². The summed E-state index contributed by atoms with van der Waals surface area (Å²) in [6.07, 6.45) is 0.626. The van der Waals surface area contributed by atoms with E-state index in [1.165, 1.54) is 12.1 Å². The molecular formula is C18H21NO6. The van der Waals surface area contributed by atoms with E-state index >= 15 is 0 Å². The van der Waals surface area contributed by atoms with Crippen molar-refractivity contribution in [3.63, 3.8) is 0 Å². The Kier molecular flexibility index (Phi) is 5.80. The van der Waals surface area contributed by atoms with E-state index in [-0.39, 0.29) is 12.5 Å². The largest absolute Gasteiger partial charge is 0.484 e. The number of carboxylic acid groups (broad SMARTS) is 1. The highest BCUT2D eigenvalue weighted by molar-refractivity contribution is 5.85. The second-order valence-corrected chi connectivity index (χ2v) is 5.96. The Morgan fingerprint density at radius 3 is 2.68 bits per heavy atom. The Morgan fingerprint density at radius 2 is 2.04 bits per heavy atom. The summed E-state index contributed by atoms with van der Waals surface area (Å²) in [6.45, 7) is 5.08. The molecule has 0 radical (unpaired) electrons. The van der Waals surface area contributed by atoms with Crippen molar-refractivity contribution in [3.05, 3.63) is 40.2 Å². The van der Waals surface area contributed by atoms with Gasteiger partial charge in [-0.25, -0.2) is 9.59 Å². The first-order valence-electron chi connectivity index (χ1n) is 8.01. The van der Waals surface area contributed by atoms with Gasteiger partial charge in [0.05, 0.1) is 0 Å². The smallest absolute Gasteiger partial charge is 0.336 e. The number of hydrogen-bond donors (Lipinski definition) is 2. The molecule has 0 spiro atoms. The van der Waals surface area contributed by atoms with Crippen LogP contribution in [0.5, 0.6) is 5.75 Å². The van der Waals surface area contributed by atoms with Gasteiger partial charge in [0.25, 0.3) is 5.91 Å². The molecule has 0 bridgehead atoms. The lowest BCUT2D eigenvalue weighted by atomic mass is 9.99. The molecule has 25 heavy (non-hydrogen) atoms. The highest BCUT2D eigenvalue weighted by Crippen LogP contribution is 2.22. The minimum absolute atomic E-state index is 0.195. The van der Waals surface area contributed by atoms with E-state index in [2.05, 4.69) is 5.32 Å². The zero-order valence-electron chi connectivity index (χ0n) is 14.4. The second-order valence-electron chi connectivity index (χ2n) is 5.96. The molecule has 0 aliphatic carbocycles. The zero-order chi connectivity index (χ0) is 18.6. The molecule has 0 aliphatic heterocycles. The molecule has 2 rings (SSSR count). The van der Waals surface area contributed by atoms with Gasteiger partial charge in [-0.05, 0) is 30.5 Å². The molecule has 1 heterocycles. The number of fused-ring (bicyclic) bond motifs is 1. The lowest BCUT2D eigenvalue weighted by molar-refractivity contribution is -0.143. The lowest BCUT2D eigenvalue weighted by Crippen LogP contribution is -2.46. The van der Waals surface area contributed by atoms with Gasteiger partial charge in [0.15, 0.2) is 6.61 Å². The van der Waals surface area contributed by atoms with Gasteiger partial charge in [-0.3, -0.25) is 4.79 Å². The molecule has 0 saturated heterocycles. The Labute approximate surface area is 144 Å². The maximum atomic E-state index is 12.0. The highest BCUT2D eigenvalue weighted by atomic mass is 16.5. The van der Waals surface area contributed by atoms with Crippen molar-refractivity contribution >= 4 is 22.8 Å². The Hall–Kier alpha value is -2.83. The van der Waals surface area contributed by atoms with Gasteiger partial charge in [0, 0.05) is 17.5 Å². The molecule has 2 atom stereocenters. The number of amides is 1. The Morgan fingerprint density at radius 1 is 1.32 bits per heavy atom. The molecule has 1 unspecified atom stereocenters. The SMILES string of the molecule is CCC(C)[C@H](NC(=O)COc1ccc2c(C)cc(=O)oc2c1)C(=O)O. The maximum absolute atomic E-state index is 12.0. The van der Waals surface area contributed by atoms with E-state index in [1.54, 1.807) is 26.0 Å². The number of rotatable bonds is 7. The normalized spacial score (nSPS) is 13.2. The Bertz CT molecular complexity index is 841. The molecule has 0 fully saturated rings. The van der Waals surface area contributed by atoms with Crippen LogP contribution < -0.4 is 15.7 Å². The summed E-state index contributed by atoms with van der Waals surface area (Å²) in [4.78, 5) is 34.6. The maximum Gasteiger partial charge on any atom is 0.336 e. The Balaban J connectivity index is 2.05. The number of aliphatic carboxylic acids is 1. The summed E-state index contributed by atoms with van der Waals surface area (Å²) in [5, 5.41) is 12.4. The average molecular weight is 347 g/mol. The zero-order valence-corrected chi connectivity index (χ0v) is 14.4. The third-order valence-electron chi connectivity index (χ3n) is 4.09. The van der Waals surface area contributed by atoms with E-state index < -0.39 is 23.5 Å². The number of benzene rings is 1. The molecule has 1 aromatic heterocycles. The monoisotopic (exact) mass is 347 g/mol. The van der Waals surface area contributed by atoms with Crippen LogP contribution in [-0.4, -0.2) is 29.6 Å². The van der Waals surface area contributed by atoms with Gasteiger partial charge in [0.2, 0.25) is 0 Å². The molecule has 134 valence electrons. The first-order chi connectivity index (χ1) is 11.8. The highest BCUT2D eigenvalue weighted by Gasteiger charge is 2.25. The minimum atomic E-state index is -1.08. The van der Waals surface area contributed by atoms with Gasteiger partial charge in [-0.2, -0.15) is 0 Å². The van der Waals surface area contributed by atoms with E-state index in [9.17, 15) is 19.5 Å². The third-order valence-corrected chi connectivity index (χ3v) is 4.09. The first kappa shape index (κ1) is 18.5. The van der Waals surface area contributed by atoms with Crippen LogP contribution in [0.4, 0.5) is 0 Å². The fraction of sp³-hybridized carbons (Fsp3) is 0.389. The molecule has 1 aromatic carbocycles. The summed E-state index contributed by atoms with van der Waals surface area (Å²) in [6, 6.07) is 5.36. The molecule has 1 amide bonds. The predicted molar refractivity (Wildman–Crippen MR) is 91.7 cm³/mol. The average Bonchev–Trinajstić information content (AvgIpc) is 2.56. The fourth-order valence-corrected chi connectivity index (χ4v) is 2.44. The van der Waals surface area contributed by atoms with Crippen molar-refractivity contribution in [2.24, 2.45) is 5.92 Å². The van der Waals surface area contributed by atoms with Crippen LogP contribution in [0.15, 0.2) is 33.5 Å². The van der Waals surface area contributed by atoms with Gasteiger partial charge < -0.3 is 19.6 Å². The number of ether oxygens (including phenoxy) is 1. The van der Waals surface area contributed by atoms with Crippen molar-refractivity contribution in [3.8, 4) is 5.75 Å². The third kappa shape index (κ3) is 4.59.